The summed E-state index contributed by atoms with van der Waals surface area (Å²) in [6.07, 6.45) is 8.83. The van der Waals surface area contributed by atoms with E-state index < -0.39 is 0 Å². The molecule has 0 saturated carbocycles. The molecular formula is C20H31N3OS. The van der Waals surface area contributed by atoms with Gasteiger partial charge in [-0.1, -0.05) is 13.0 Å². The second-order valence-corrected chi connectivity index (χ2v) is 8.61. The number of rotatable bonds is 5. The van der Waals surface area contributed by atoms with E-state index in [2.05, 4.69) is 34.7 Å². The Morgan fingerprint density at radius 1 is 1.24 bits per heavy atom. The predicted octanol–water partition coefficient (Wildman–Crippen LogP) is 3.82. The van der Waals surface area contributed by atoms with Crippen LogP contribution >= 0.6 is 11.8 Å². The average Bonchev–Trinajstić information content (AvgIpc) is 2.68. The molecule has 3 rings (SSSR count). The van der Waals surface area contributed by atoms with Crippen LogP contribution in [0.25, 0.3) is 0 Å². The van der Waals surface area contributed by atoms with Gasteiger partial charge in [0.05, 0.1) is 11.1 Å². The molecule has 4 nitrogen and oxygen atoms in total. The summed E-state index contributed by atoms with van der Waals surface area (Å²) in [5.74, 6) is 0.349. The molecule has 1 amide bonds. The average molecular weight is 362 g/mol. The highest BCUT2D eigenvalue weighted by Gasteiger charge is 2.33. The first-order chi connectivity index (χ1) is 12.2. The van der Waals surface area contributed by atoms with Crippen LogP contribution in [0.4, 0.5) is 0 Å². The Balaban J connectivity index is 1.50. The lowest BCUT2D eigenvalue weighted by molar-refractivity contribution is -0.140. The Kier molecular flexibility index (Phi) is 6.77. The van der Waals surface area contributed by atoms with Crippen molar-refractivity contribution < 1.29 is 4.79 Å². The maximum Gasteiger partial charge on any atom is 0.239 e. The molecule has 1 aromatic rings. The van der Waals surface area contributed by atoms with Crippen molar-refractivity contribution in [2.24, 2.45) is 0 Å². The van der Waals surface area contributed by atoms with Crippen LogP contribution in [-0.2, 0) is 4.79 Å². The van der Waals surface area contributed by atoms with Gasteiger partial charge in [-0.05, 0) is 70.7 Å². The Bertz CT molecular complexity index is 545. The molecular weight excluding hydrogens is 330 g/mol. The molecule has 2 aliphatic heterocycles. The lowest BCUT2D eigenvalue weighted by atomic mass is 9.98. The zero-order valence-corrected chi connectivity index (χ0v) is 16.4. The van der Waals surface area contributed by atoms with E-state index in [1.807, 2.05) is 30.1 Å². The molecule has 1 aromatic heterocycles. The van der Waals surface area contributed by atoms with Gasteiger partial charge in [-0.3, -0.25) is 9.69 Å². The first-order valence-electron chi connectivity index (χ1n) is 9.81. The van der Waals surface area contributed by atoms with Crippen molar-refractivity contribution in [2.75, 3.05) is 19.6 Å². The van der Waals surface area contributed by atoms with E-state index in [4.69, 9.17) is 0 Å². The number of aromatic nitrogens is 1. The minimum absolute atomic E-state index is 0.0213. The molecule has 0 spiro atoms. The van der Waals surface area contributed by atoms with Gasteiger partial charge in [-0.25, -0.2) is 4.98 Å². The van der Waals surface area contributed by atoms with Crippen LogP contribution in [0, 0.1) is 0 Å². The van der Waals surface area contributed by atoms with E-state index in [1.54, 1.807) is 0 Å². The van der Waals surface area contributed by atoms with E-state index in [0.717, 1.165) is 50.3 Å². The van der Waals surface area contributed by atoms with Crippen LogP contribution < -0.4 is 0 Å². The molecule has 0 bridgehead atoms. The summed E-state index contributed by atoms with van der Waals surface area (Å²) < 4.78 is 0. The molecule has 0 aromatic carbocycles. The second kappa shape index (κ2) is 9.04. The molecule has 0 radical (unpaired) electrons. The number of thioether (sulfide) groups is 1. The summed E-state index contributed by atoms with van der Waals surface area (Å²) in [6.45, 7) is 7.30. The smallest absolute Gasteiger partial charge is 0.239 e. The first kappa shape index (κ1) is 18.7. The van der Waals surface area contributed by atoms with Crippen molar-refractivity contribution in [3.8, 4) is 0 Å². The van der Waals surface area contributed by atoms with Crippen molar-refractivity contribution in [1.29, 1.82) is 0 Å². The molecule has 2 fully saturated rings. The van der Waals surface area contributed by atoms with Crippen LogP contribution in [0.3, 0.4) is 0 Å². The predicted molar refractivity (Wildman–Crippen MR) is 104 cm³/mol. The molecule has 2 atom stereocenters. The Hall–Kier alpha value is -1.07. The second-order valence-electron chi connectivity index (χ2n) is 7.29. The monoisotopic (exact) mass is 361 g/mol. The van der Waals surface area contributed by atoms with Crippen LogP contribution in [0.2, 0.25) is 0 Å². The Morgan fingerprint density at radius 3 is 2.72 bits per heavy atom. The van der Waals surface area contributed by atoms with Gasteiger partial charge < -0.3 is 4.90 Å². The quantitative estimate of drug-likeness (QED) is 0.799. The number of carbonyl (C=O) groups is 1. The molecule has 2 saturated heterocycles. The van der Waals surface area contributed by atoms with Gasteiger partial charge in [-0.2, -0.15) is 0 Å². The molecule has 3 heterocycles. The summed E-state index contributed by atoms with van der Waals surface area (Å²) in [5.41, 5.74) is 0. The highest BCUT2D eigenvalue weighted by atomic mass is 32.2. The third kappa shape index (κ3) is 4.76. The highest BCUT2D eigenvalue weighted by molar-refractivity contribution is 7.99. The third-order valence-corrected chi connectivity index (χ3v) is 6.98. The summed E-state index contributed by atoms with van der Waals surface area (Å²) in [7, 11) is 0. The molecule has 0 N–H and O–H groups in total. The number of hydrogen-bond acceptors (Lipinski definition) is 4. The zero-order valence-electron chi connectivity index (χ0n) is 15.6. The normalized spacial score (nSPS) is 24.2. The van der Waals surface area contributed by atoms with Crippen LogP contribution in [0.5, 0.6) is 0 Å². The first-order valence-corrected chi connectivity index (χ1v) is 10.7. The van der Waals surface area contributed by atoms with Gasteiger partial charge in [0.1, 0.15) is 0 Å². The summed E-state index contributed by atoms with van der Waals surface area (Å²) in [6, 6.07) is 6.58. The lowest BCUT2D eigenvalue weighted by Crippen LogP contribution is -2.53. The van der Waals surface area contributed by atoms with E-state index in [0.29, 0.717) is 17.2 Å². The van der Waals surface area contributed by atoms with Crippen LogP contribution in [0.15, 0.2) is 29.4 Å². The number of nitrogens with zero attached hydrogens (tertiary/aromatic N) is 3. The van der Waals surface area contributed by atoms with Crippen LogP contribution in [0.1, 0.15) is 52.4 Å². The van der Waals surface area contributed by atoms with Crippen molar-refractivity contribution in [1.82, 2.24) is 14.8 Å². The van der Waals surface area contributed by atoms with E-state index in [9.17, 15) is 4.79 Å². The fourth-order valence-corrected chi connectivity index (χ4v) is 5.15. The fraction of sp³-hybridized carbons (Fsp3) is 0.700. The minimum Gasteiger partial charge on any atom is -0.338 e. The number of hydrogen-bond donors (Lipinski definition) is 0. The van der Waals surface area contributed by atoms with Gasteiger partial charge in [0.2, 0.25) is 5.91 Å². The maximum absolute atomic E-state index is 13.0. The Morgan fingerprint density at radius 2 is 2.04 bits per heavy atom. The van der Waals surface area contributed by atoms with E-state index in [-0.39, 0.29) is 6.04 Å². The molecule has 25 heavy (non-hydrogen) atoms. The number of pyridine rings is 1. The zero-order chi connectivity index (χ0) is 17.6. The van der Waals surface area contributed by atoms with Crippen molar-refractivity contribution in [3.63, 3.8) is 0 Å². The maximum atomic E-state index is 13.0. The van der Waals surface area contributed by atoms with E-state index >= 15 is 0 Å². The third-order valence-electron chi connectivity index (χ3n) is 5.69. The minimum atomic E-state index is 0.0213. The number of carbonyl (C=O) groups excluding carboxylic acids is 1. The Labute approximate surface area is 156 Å². The van der Waals surface area contributed by atoms with Gasteiger partial charge >= 0.3 is 0 Å². The van der Waals surface area contributed by atoms with Crippen LogP contribution in [-0.4, -0.2) is 57.7 Å². The molecule has 5 heteroatoms. The fourth-order valence-electron chi connectivity index (χ4n) is 4.08. The topological polar surface area (TPSA) is 36.4 Å². The SMILES string of the molecule is CC[C@H]1CCCCN1C(=O)[C@@H](C)N1CCC(Sc2ccccn2)CC1. The highest BCUT2D eigenvalue weighted by Crippen LogP contribution is 2.30. The molecule has 138 valence electrons. The van der Waals surface area contributed by atoms with Gasteiger partial charge in [0.15, 0.2) is 0 Å². The summed E-state index contributed by atoms with van der Waals surface area (Å²) in [5, 5.41) is 1.73. The summed E-state index contributed by atoms with van der Waals surface area (Å²) in [4.78, 5) is 22.0. The van der Waals surface area contributed by atoms with Gasteiger partial charge in [-0.15, -0.1) is 11.8 Å². The molecule has 0 unspecified atom stereocenters. The van der Waals surface area contributed by atoms with Crippen molar-refractivity contribution in [2.45, 2.75) is 74.7 Å². The molecule has 2 aliphatic rings. The summed E-state index contributed by atoms with van der Waals surface area (Å²) >= 11 is 1.89. The van der Waals surface area contributed by atoms with Gasteiger partial charge in [0.25, 0.3) is 0 Å². The van der Waals surface area contributed by atoms with E-state index in [1.165, 1.54) is 12.8 Å². The van der Waals surface area contributed by atoms with Crippen molar-refractivity contribution >= 4 is 17.7 Å². The number of piperidine rings is 2. The number of amides is 1. The lowest BCUT2D eigenvalue weighted by Gasteiger charge is -2.41. The standard InChI is InChI=1S/C20H31N3OS/c1-3-17-8-5-7-13-23(17)20(24)16(2)22-14-10-18(11-15-22)25-19-9-4-6-12-21-19/h4,6,9,12,16-18H,3,5,7-8,10-11,13-15H2,1-2H3/t16-,17+/m1/s1. The number of likely N-dealkylation sites (tertiary alicyclic amines) is 2. The largest absolute Gasteiger partial charge is 0.338 e. The van der Waals surface area contributed by atoms with Gasteiger partial charge in [0, 0.05) is 24.0 Å². The van der Waals surface area contributed by atoms with Crippen molar-refractivity contribution in [3.05, 3.63) is 24.4 Å². The molecule has 0 aliphatic carbocycles.